The van der Waals surface area contributed by atoms with Crippen LogP contribution in [0, 0.1) is 5.82 Å². The van der Waals surface area contributed by atoms with Gasteiger partial charge in [-0.3, -0.25) is 4.68 Å². The average molecular weight is 332 g/mol. The number of halogens is 1. The Bertz CT molecular complexity index is 718. The number of nitrogens with one attached hydrogen (secondary N) is 1. The number of amides is 2. The number of hydrogen-bond donors (Lipinski definition) is 2. The molecule has 0 aliphatic carbocycles. The smallest absolute Gasteiger partial charge is 0.318 e. The van der Waals surface area contributed by atoms with Crippen LogP contribution in [0.5, 0.6) is 0 Å². The molecule has 0 unspecified atom stereocenters. The summed E-state index contributed by atoms with van der Waals surface area (Å²) in [5.74, 6) is -0.326. The van der Waals surface area contributed by atoms with E-state index in [-0.39, 0.29) is 24.4 Å². The van der Waals surface area contributed by atoms with E-state index in [1.807, 2.05) is 13.2 Å². The van der Waals surface area contributed by atoms with Crippen LogP contribution in [0.4, 0.5) is 9.18 Å². The van der Waals surface area contributed by atoms with Gasteiger partial charge in [-0.05, 0) is 36.1 Å². The lowest BCUT2D eigenvalue weighted by Crippen LogP contribution is -2.46. The van der Waals surface area contributed by atoms with Gasteiger partial charge in [-0.15, -0.1) is 0 Å². The molecule has 1 aromatic carbocycles. The zero-order valence-corrected chi connectivity index (χ0v) is 13.5. The minimum atomic E-state index is -0.551. The van der Waals surface area contributed by atoms with Crippen molar-refractivity contribution in [2.75, 3.05) is 6.54 Å². The van der Waals surface area contributed by atoms with Crippen molar-refractivity contribution in [3.05, 3.63) is 53.6 Å². The highest BCUT2D eigenvalue weighted by Crippen LogP contribution is 2.22. The largest absolute Gasteiger partial charge is 0.391 e. The standard InChI is InChI=1S/C17H21FN4O2/c1-21-11-13(10-20-21)8-15-16(23)5-6-22(15)17(24)19-9-12-3-2-4-14(18)7-12/h2-4,7,10-11,15-16,23H,5-6,8-9H2,1H3,(H,19,24)/t15-,16+/m0/s1. The molecule has 0 bridgehead atoms. The van der Waals surface area contributed by atoms with E-state index in [9.17, 15) is 14.3 Å². The number of urea groups is 1. The summed E-state index contributed by atoms with van der Waals surface area (Å²) < 4.78 is 14.9. The molecule has 1 aliphatic heterocycles. The predicted molar refractivity (Wildman–Crippen MR) is 86.7 cm³/mol. The monoisotopic (exact) mass is 332 g/mol. The molecule has 2 N–H and O–H groups in total. The fourth-order valence-corrected chi connectivity index (χ4v) is 3.08. The number of hydrogen-bond acceptors (Lipinski definition) is 3. The zero-order valence-electron chi connectivity index (χ0n) is 13.5. The predicted octanol–water partition coefficient (Wildman–Crippen LogP) is 1.45. The van der Waals surface area contributed by atoms with E-state index in [2.05, 4.69) is 10.4 Å². The van der Waals surface area contributed by atoms with Crippen LogP contribution in [0.1, 0.15) is 17.5 Å². The summed E-state index contributed by atoms with van der Waals surface area (Å²) in [4.78, 5) is 14.1. The Hall–Kier alpha value is -2.41. The van der Waals surface area contributed by atoms with Crippen molar-refractivity contribution in [3.8, 4) is 0 Å². The fraction of sp³-hybridized carbons (Fsp3) is 0.412. The number of carbonyl (C=O) groups is 1. The second-order valence-corrected chi connectivity index (χ2v) is 6.13. The zero-order chi connectivity index (χ0) is 17.1. The number of likely N-dealkylation sites (tertiary alicyclic amines) is 1. The van der Waals surface area contributed by atoms with E-state index in [4.69, 9.17) is 0 Å². The van der Waals surface area contributed by atoms with Gasteiger partial charge in [0.1, 0.15) is 5.82 Å². The molecule has 0 saturated carbocycles. The minimum absolute atomic E-state index is 0.246. The Balaban J connectivity index is 1.62. The maximum atomic E-state index is 13.2. The van der Waals surface area contributed by atoms with Gasteiger partial charge >= 0.3 is 6.03 Å². The van der Waals surface area contributed by atoms with Crippen molar-refractivity contribution in [2.45, 2.75) is 31.5 Å². The number of aromatic nitrogens is 2. The topological polar surface area (TPSA) is 70.4 Å². The van der Waals surface area contributed by atoms with E-state index in [0.29, 0.717) is 24.9 Å². The van der Waals surface area contributed by atoms with Gasteiger partial charge in [0.2, 0.25) is 0 Å². The van der Waals surface area contributed by atoms with Crippen molar-refractivity contribution in [2.24, 2.45) is 7.05 Å². The van der Waals surface area contributed by atoms with Crippen LogP contribution in [0.2, 0.25) is 0 Å². The number of aliphatic hydroxyl groups excluding tert-OH is 1. The first-order chi connectivity index (χ1) is 11.5. The number of aliphatic hydroxyl groups is 1. The van der Waals surface area contributed by atoms with E-state index < -0.39 is 6.10 Å². The van der Waals surface area contributed by atoms with Crippen LogP contribution < -0.4 is 5.32 Å². The second-order valence-electron chi connectivity index (χ2n) is 6.13. The molecule has 0 radical (unpaired) electrons. The summed E-state index contributed by atoms with van der Waals surface area (Å²) in [5.41, 5.74) is 1.68. The third-order valence-corrected chi connectivity index (χ3v) is 4.31. The van der Waals surface area contributed by atoms with Gasteiger partial charge in [0.05, 0.1) is 18.3 Å². The first-order valence-corrected chi connectivity index (χ1v) is 7.97. The lowest BCUT2D eigenvalue weighted by atomic mass is 10.0. The van der Waals surface area contributed by atoms with Gasteiger partial charge in [-0.25, -0.2) is 9.18 Å². The Morgan fingerprint density at radius 2 is 2.29 bits per heavy atom. The summed E-state index contributed by atoms with van der Waals surface area (Å²) in [7, 11) is 1.83. The molecule has 0 spiro atoms. The van der Waals surface area contributed by atoms with Crippen molar-refractivity contribution in [1.29, 1.82) is 0 Å². The molecule has 1 aromatic heterocycles. The Morgan fingerprint density at radius 3 is 3.00 bits per heavy atom. The lowest BCUT2D eigenvalue weighted by Gasteiger charge is -2.26. The van der Waals surface area contributed by atoms with Crippen LogP contribution in [0.3, 0.4) is 0 Å². The Labute approximate surface area is 139 Å². The molecule has 1 aliphatic rings. The molecule has 2 heterocycles. The summed E-state index contributed by atoms with van der Waals surface area (Å²) in [5, 5.41) is 17.1. The van der Waals surface area contributed by atoms with Gasteiger partial charge in [0.15, 0.2) is 0 Å². The van der Waals surface area contributed by atoms with Gasteiger partial charge in [0, 0.05) is 26.3 Å². The maximum Gasteiger partial charge on any atom is 0.318 e. The molecular weight excluding hydrogens is 311 g/mol. The number of aryl methyl sites for hydroxylation is 1. The molecule has 3 rings (SSSR count). The third kappa shape index (κ3) is 3.73. The Kier molecular flexibility index (Phi) is 4.80. The minimum Gasteiger partial charge on any atom is -0.391 e. The summed E-state index contributed by atoms with van der Waals surface area (Å²) in [6.45, 7) is 0.754. The number of rotatable bonds is 4. The Morgan fingerprint density at radius 1 is 1.46 bits per heavy atom. The molecule has 6 nitrogen and oxygen atoms in total. The van der Waals surface area contributed by atoms with Crippen molar-refractivity contribution in [3.63, 3.8) is 0 Å². The fourth-order valence-electron chi connectivity index (χ4n) is 3.08. The summed E-state index contributed by atoms with van der Waals surface area (Å²) >= 11 is 0. The number of carbonyl (C=O) groups excluding carboxylic acids is 1. The van der Waals surface area contributed by atoms with E-state index in [1.54, 1.807) is 27.9 Å². The van der Waals surface area contributed by atoms with Crippen molar-refractivity contribution >= 4 is 6.03 Å². The van der Waals surface area contributed by atoms with Gasteiger partial charge in [-0.1, -0.05) is 12.1 Å². The SMILES string of the molecule is Cn1cc(C[C@H]2[C@H](O)CCN2C(=O)NCc2cccc(F)c2)cn1. The molecule has 2 amide bonds. The van der Waals surface area contributed by atoms with E-state index in [0.717, 1.165) is 5.56 Å². The number of benzene rings is 1. The van der Waals surface area contributed by atoms with Gasteiger partial charge in [-0.2, -0.15) is 5.10 Å². The van der Waals surface area contributed by atoms with Crippen LogP contribution in [0.15, 0.2) is 36.7 Å². The highest BCUT2D eigenvalue weighted by Gasteiger charge is 2.36. The highest BCUT2D eigenvalue weighted by atomic mass is 19.1. The summed E-state index contributed by atoms with van der Waals surface area (Å²) in [6.07, 6.45) is 4.19. The molecule has 1 fully saturated rings. The maximum absolute atomic E-state index is 13.2. The normalized spacial score (nSPS) is 20.4. The molecule has 1 saturated heterocycles. The molecule has 7 heteroatoms. The highest BCUT2D eigenvalue weighted by molar-refractivity contribution is 5.75. The molecular formula is C17H21FN4O2. The lowest BCUT2D eigenvalue weighted by molar-refractivity contribution is 0.122. The second kappa shape index (κ2) is 7.00. The van der Waals surface area contributed by atoms with Gasteiger partial charge in [0.25, 0.3) is 0 Å². The van der Waals surface area contributed by atoms with E-state index >= 15 is 0 Å². The van der Waals surface area contributed by atoms with Crippen LogP contribution in [0.25, 0.3) is 0 Å². The molecule has 2 atom stereocenters. The first-order valence-electron chi connectivity index (χ1n) is 7.97. The van der Waals surface area contributed by atoms with Crippen LogP contribution in [-0.4, -0.2) is 44.5 Å². The third-order valence-electron chi connectivity index (χ3n) is 4.31. The first kappa shape index (κ1) is 16.4. The van der Waals surface area contributed by atoms with Gasteiger partial charge < -0.3 is 15.3 Å². The molecule has 2 aromatic rings. The average Bonchev–Trinajstić information content (AvgIpc) is 3.12. The molecule has 24 heavy (non-hydrogen) atoms. The van der Waals surface area contributed by atoms with Crippen molar-refractivity contribution < 1.29 is 14.3 Å². The van der Waals surface area contributed by atoms with Crippen LogP contribution in [-0.2, 0) is 20.0 Å². The van der Waals surface area contributed by atoms with Crippen molar-refractivity contribution in [1.82, 2.24) is 20.0 Å². The van der Waals surface area contributed by atoms with Crippen LogP contribution >= 0.6 is 0 Å². The summed E-state index contributed by atoms with van der Waals surface area (Å²) in [6, 6.07) is 5.61. The number of nitrogens with zero attached hydrogens (tertiary/aromatic N) is 3. The van der Waals surface area contributed by atoms with E-state index in [1.165, 1.54) is 12.1 Å². The quantitative estimate of drug-likeness (QED) is 0.890. The molecule has 128 valence electrons.